The van der Waals surface area contributed by atoms with Crippen molar-refractivity contribution in [1.29, 1.82) is 0 Å². The minimum Gasteiger partial charge on any atom is -0.462 e. The zero-order valence-corrected chi connectivity index (χ0v) is 12.4. The van der Waals surface area contributed by atoms with Gasteiger partial charge < -0.3 is 15.0 Å². The normalized spacial score (nSPS) is 14.1. The molecular formula is C14H20N4O3. The van der Waals surface area contributed by atoms with Gasteiger partial charge in [-0.2, -0.15) is 0 Å². The van der Waals surface area contributed by atoms with Crippen LogP contribution in [0.5, 0.6) is 0 Å². The highest BCUT2D eigenvalue weighted by molar-refractivity contribution is 5.90. The second kappa shape index (κ2) is 7.01. The molecule has 0 aromatic carbocycles. The van der Waals surface area contributed by atoms with Gasteiger partial charge in [-0.15, -0.1) is 0 Å². The van der Waals surface area contributed by atoms with Gasteiger partial charge in [0.2, 0.25) is 11.9 Å². The molecule has 2 rings (SSSR count). The van der Waals surface area contributed by atoms with Crippen molar-refractivity contribution in [1.82, 2.24) is 14.9 Å². The predicted molar refractivity (Wildman–Crippen MR) is 77.0 cm³/mol. The molecule has 21 heavy (non-hydrogen) atoms. The third-order valence-corrected chi connectivity index (χ3v) is 3.33. The lowest BCUT2D eigenvalue weighted by Crippen LogP contribution is -2.33. The van der Waals surface area contributed by atoms with Crippen LogP contribution in [0.15, 0.2) is 6.20 Å². The van der Waals surface area contributed by atoms with Gasteiger partial charge in [-0.25, -0.2) is 14.8 Å². The van der Waals surface area contributed by atoms with Crippen molar-refractivity contribution in [2.24, 2.45) is 0 Å². The number of hydrogen-bond acceptors (Lipinski definition) is 6. The minimum absolute atomic E-state index is 0.0447. The number of carbonyl (C=O) groups is 2. The van der Waals surface area contributed by atoms with Crippen molar-refractivity contribution in [3.63, 3.8) is 0 Å². The highest BCUT2D eigenvalue weighted by Crippen LogP contribution is 2.10. The Morgan fingerprint density at radius 2 is 2.10 bits per heavy atom. The molecule has 1 aliphatic rings. The zero-order chi connectivity index (χ0) is 15.2. The smallest absolute Gasteiger partial charge is 0.341 e. The SMILES string of the molecule is CCOC(=O)c1cnc(NCC(=O)N2CCCC2)nc1C. The quantitative estimate of drug-likeness (QED) is 0.815. The molecule has 0 spiro atoms. The molecule has 0 radical (unpaired) electrons. The number of carbonyl (C=O) groups excluding carboxylic acids is 2. The Morgan fingerprint density at radius 1 is 1.38 bits per heavy atom. The van der Waals surface area contributed by atoms with Crippen LogP contribution in [0.25, 0.3) is 0 Å². The van der Waals surface area contributed by atoms with Crippen LogP contribution < -0.4 is 5.32 Å². The summed E-state index contributed by atoms with van der Waals surface area (Å²) < 4.78 is 4.91. The Hall–Kier alpha value is -2.18. The molecule has 0 aliphatic carbocycles. The van der Waals surface area contributed by atoms with E-state index in [1.807, 2.05) is 4.90 Å². The summed E-state index contributed by atoms with van der Waals surface area (Å²) in [5.41, 5.74) is 0.868. The standard InChI is InChI=1S/C14H20N4O3/c1-3-21-13(20)11-8-15-14(17-10(11)2)16-9-12(19)18-6-4-5-7-18/h8H,3-7,9H2,1-2H3,(H,15,16,17). The third kappa shape index (κ3) is 3.90. The summed E-state index contributed by atoms with van der Waals surface area (Å²) in [6.45, 7) is 5.57. The Labute approximate surface area is 123 Å². The largest absolute Gasteiger partial charge is 0.462 e. The molecule has 1 aliphatic heterocycles. The van der Waals surface area contributed by atoms with Crippen molar-refractivity contribution >= 4 is 17.8 Å². The van der Waals surface area contributed by atoms with Gasteiger partial charge in [-0.1, -0.05) is 0 Å². The van der Waals surface area contributed by atoms with E-state index in [9.17, 15) is 9.59 Å². The number of nitrogens with one attached hydrogen (secondary N) is 1. The van der Waals surface area contributed by atoms with E-state index in [0.717, 1.165) is 25.9 Å². The number of rotatable bonds is 5. The van der Waals surface area contributed by atoms with Crippen molar-refractivity contribution in [3.05, 3.63) is 17.5 Å². The lowest BCUT2D eigenvalue weighted by Gasteiger charge is -2.15. The van der Waals surface area contributed by atoms with Crippen LogP contribution in [0.2, 0.25) is 0 Å². The van der Waals surface area contributed by atoms with Crippen LogP contribution in [-0.4, -0.2) is 53.0 Å². The topological polar surface area (TPSA) is 84.4 Å². The fraction of sp³-hybridized carbons (Fsp3) is 0.571. The summed E-state index contributed by atoms with van der Waals surface area (Å²) in [4.78, 5) is 33.6. The van der Waals surface area contributed by atoms with Crippen LogP contribution in [0.4, 0.5) is 5.95 Å². The second-order valence-electron chi connectivity index (χ2n) is 4.85. The van der Waals surface area contributed by atoms with E-state index in [2.05, 4.69) is 15.3 Å². The summed E-state index contributed by atoms with van der Waals surface area (Å²) in [5.74, 6) is -0.0500. The van der Waals surface area contributed by atoms with E-state index >= 15 is 0 Å². The van der Waals surface area contributed by atoms with E-state index in [0.29, 0.717) is 23.8 Å². The number of likely N-dealkylation sites (tertiary alicyclic amines) is 1. The summed E-state index contributed by atoms with van der Waals surface area (Å²) in [7, 11) is 0. The molecule has 1 aromatic rings. The number of amides is 1. The first-order chi connectivity index (χ1) is 10.1. The maximum absolute atomic E-state index is 11.9. The van der Waals surface area contributed by atoms with Crippen molar-refractivity contribution < 1.29 is 14.3 Å². The van der Waals surface area contributed by atoms with Gasteiger partial charge in [0.15, 0.2) is 0 Å². The van der Waals surface area contributed by atoms with Crippen LogP contribution >= 0.6 is 0 Å². The molecule has 1 fully saturated rings. The molecular weight excluding hydrogens is 272 g/mol. The highest BCUT2D eigenvalue weighted by Gasteiger charge is 2.18. The maximum Gasteiger partial charge on any atom is 0.341 e. The van der Waals surface area contributed by atoms with Crippen LogP contribution in [-0.2, 0) is 9.53 Å². The zero-order valence-electron chi connectivity index (χ0n) is 12.4. The van der Waals surface area contributed by atoms with Crippen LogP contribution in [0.1, 0.15) is 35.8 Å². The fourth-order valence-corrected chi connectivity index (χ4v) is 2.19. The van der Waals surface area contributed by atoms with E-state index < -0.39 is 5.97 Å². The number of anilines is 1. The first-order valence-electron chi connectivity index (χ1n) is 7.14. The molecule has 0 atom stereocenters. The van der Waals surface area contributed by atoms with E-state index in [1.54, 1.807) is 13.8 Å². The Balaban J connectivity index is 1.93. The minimum atomic E-state index is -0.435. The number of aromatic nitrogens is 2. The maximum atomic E-state index is 11.9. The molecule has 1 amide bonds. The lowest BCUT2D eigenvalue weighted by atomic mass is 10.2. The third-order valence-electron chi connectivity index (χ3n) is 3.33. The molecule has 0 saturated carbocycles. The summed E-state index contributed by atoms with van der Waals surface area (Å²) in [6.07, 6.45) is 3.55. The highest BCUT2D eigenvalue weighted by atomic mass is 16.5. The molecule has 0 bridgehead atoms. The fourth-order valence-electron chi connectivity index (χ4n) is 2.19. The van der Waals surface area contributed by atoms with Crippen LogP contribution in [0.3, 0.4) is 0 Å². The molecule has 1 N–H and O–H groups in total. The molecule has 2 heterocycles. The average molecular weight is 292 g/mol. The van der Waals surface area contributed by atoms with Gasteiger partial charge in [-0.05, 0) is 26.7 Å². The molecule has 1 saturated heterocycles. The van der Waals surface area contributed by atoms with Crippen LogP contribution in [0, 0.1) is 6.92 Å². The number of aryl methyl sites for hydroxylation is 1. The Kier molecular flexibility index (Phi) is 5.08. The van der Waals surface area contributed by atoms with Crippen molar-refractivity contribution in [2.45, 2.75) is 26.7 Å². The van der Waals surface area contributed by atoms with Crippen molar-refractivity contribution in [3.8, 4) is 0 Å². The average Bonchev–Trinajstić information content (AvgIpc) is 2.99. The summed E-state index contributed by atoms with van der Waals surface area (Å²) >= 11 is 0. The van der Waals surface area contributed by atoms with Gasteiger partial charge in [0.1, 0.15) is 0 Å². The Bertz CT molecular complexity index is 527. The molecule has 1 aromatic heterocycles. The summed E-state index contributed by atoms with van der Waals surface area (Å²) in [5, 5.41) is 2.89. The molecule has 7 nitrogen and oxygen atoms in total. The Morgan fingerprint density at radius 3 is 2.71 bits per heavy atom. The monoisotopic (exact) mass is 292 g/mol. The lowest BCUT2D eigenvalue weighted by molar-refractivity contribution is -0.128. The first-order valence-corrected chi connectivity index (χ1v) is 7.14. The summed E-state index contributed by atoms with van der Waals surface area (Å²) in [6, 6.07) is 0. The van der Waals surface area contributed by atoms with Gasteiger partial charge in [0, 0.05) is 19.3 Å². The van der Waals surface area contributed by atoms with Gasteiger partial charge in [-0.3, -0.25) is 4.79 Å². The van der Waals surface area contributed by atoms with Gasteiger partial charge >= 0.3 is 5.97 Å². The number of nitrogens with zero attached hydrogens (tertiary/aromatic N) is 3. The molecule has 7 heteroatoms. The second-order valence-corrected chi connectivity index (χ2v) is 4.85. The number of hydrogen-bond donors (Lipinski definition) is 1. The van der Waals surface area contributed by atoms with Gasteiger partial charge in [0.05, 0.1) is 24.4 Å². The van der Waals surface area contributed by atoms with Crippen molar-refractivity contribution in [2.75, 3.05) is 31.6 Å². The van der Waals surface area contributed by atoms with Gasteiger partial charge in [0.25, 0.3) is 0 Å². The number of ether oxygens (including phenoxy) is 1. The van der Waals surface area contributed by atoms with E-state index in [1.165, 1.54) is 6.20 Å². The molecule has 0 unspecified atom stereocenters. The predicted octanol–water partition coefficient (Wildman–Crippen LogP) is 0.996. The molecule has 114 valence electrons. The number of esters is 1. The van der Waals surface area contributed by atoms with E-state index in [4.69, 9.17) is 4.74 Å². The first kappa shape index (κ1) is 15.2. The van der Waals surface area contributed by atoms with E-state index in [-0.39, 0.29) is 12.5 Å².